The van der Waals surface area contributed by atoms with Crippen LogP contribution in [0.2, 0.25) is 0 Å². The summed E-state index contributed by atoms with van der Waals surface area (Å²) in [5.74, 6) is 0.0396. The average molecular weight is 375 g/mol. The highest BCUT2D eigenvalue weighted by Gasteiger charge is 2.41. The molecule has 0 N–H and O–H groups in total. The largest absolute Gasteiger partial charge is 0.332 e. The number of nitrogens with zero attached hydrogens (tertiary/aromatic N) is 2. The van der Waals surface area contributed by atoms with E-state index in [4.69, 9.17) is 0 Å². The van der Waals surface area contributed by atoms with Crippen LogP contribution >= 0.6 is 0 Å². The molecule has 6 heteroatoms. The molecule has 0 aliphatic carbocycles. The highest BCUT2D eigenvalue weighted by Crippen LogP contribution is 2.39. The first-order chi connectivity index (χ1) is 12.5. The van der Waals surface area contributed by atoms with Gasteiger partial charge in [0.2, 0.25) is 10.0 Å². The Labute approximate surface area is 155 Å². The minimum absolute atomic E-state index is 0.0396. The second kappa shape index (κ2) is 6.82. The second-order valence-electron chi connectivity index (χ2n) is 7.59. The Bertz CT molecular complexity index is 807. The molecule has 2 unspecified atom stereocenters. The molecule has 1 amide bonds. The maximum Gasteiger partial charge on any atom is 0.254 e. The smallest absolute Gasteiger partial charge is 0.254 e. The van der Waals surface area contributed by atoms with E-state index in [1.807, 2.05) is 4.90 Å². The molecule has 1 aromatic rings. The summed E-state index contributed by atoms with van der Waals surface area (Å²) in [5, 5.41) is 0. The van der Waals surface area contributed by atoms with Gasteiger partial charge in [-0.05, 0) is 69.7 Å². The Hall–Kier alpha value is -1.66. The Kier molecular flexibility index (Phi) is 4.65. The fraction of sp³-hybridized carbons (Fsp3) is 0.550. The summed E-state index contributed by atoms with van der Waals surface area (Å²) in [6.07, 6.45) is 8.10. The van der Waals surface area contributed by atoms with Crippen LogP contribution in [0.4, 0.5) is 0 Å². The Balaban J connectivity index is 1.53. The summed E-state index contributed by atoms with van der Waals surface area (Å²) >= 11 is 0. The van der Waals surface area contributed by atoms with Crippen molar-refractivity contribution >= 4 is 15.9 Å². The van der Waals surface area contributed by atoms with E-state index in [-0.39, 0.29) is 10.8 Å². The number of benzene rings is 1. The molecule has 0 aromatic heterocycles. The maximum absolute atomic E-state index is 13.0. The lowest BCUT2D eigenvalue weighted by molar-refractivity contribution is 0.0634. The molecular weight excluding hydrogens is 348 g/mol. The van der Waals surface area contributed by atoms with Crippen molar-refractivity contribution < 1.29 is 13.2 Å². The van der Waals surface area contributed by atoms with Crippen molar-refractivity contribution in [1.29, 1.82) is 0 Å². The lowest BCUT2D eigenvalue weighted by Gasteiger charge is -2.36. The number of carbonyl (C=O) groups excluding carboxylic acids is 1. The van der Waals surface area contributed by atoms with Gasteiger partial charge in [-0.2, -0.15) is 4.31 Å². The minimum atomic E-state index is -3.42. The monoisotopic (exact) mass is 374 g/mol. The zero-order valence-corrected chi connectivity index (χ0v) is 16.0. The van der Waals surface area contributed by atoms with Gasteiger partial charge < -0.3 is 4.90 Å². The van der Waals surface area contributed by atoms with Gasteiger partial charge in [0.05, 0.1) is 4.90 Å². The third-order valence-corrected chi connectivity index (χ3v) is 7.98. The third kappa shape index (κ3) is 2.99. The standard InChI is InChI=1S/C20H26N2O3S/c1-2-15-13-17-7-8-18(14-15)22(17)20(23)16-5-9-19(10-6-16)26(24,25)21-11-3-4-12-21/h2,5-6,9-10,17-18H,3-4,7-8,11-14H2,1H3. The summed E-state index contributed by atoms with van der Waals surface area (Å²) in [5.41, 5.74) is 2.04. The Morgan fingerprint density at radius 3 is 2.15 bits per heavy atom. The van der Waals surface area contributed by atoms with Gasteiger partial charge in [-0.3, -0.25) is 4.79 Å². The molecule has 0 radical (unpaired) electrons. The highest BCUT2D eigenvalue weighted by atomic mass is 32.2. The predicted octanol–water partition coefficient (Wildman–Crippen LogP) is 3.18. The van der Waals surface area contributed by atoms with Crippen LogP contribution in [-0.2, 0) is 10.0 Å². The molecule has 3 aliphatic heterocycles. The summed E-state index contributed by atoms with van der Waals surface area (Å²) in [6, 6.07) is 7.11. The number of carbonyl (C=O) groups is 1. The molecule has 4 rings (SSSR count). The maximum atomic E-state index is 13.0. The van der Waals surface area contributed by atoms with Gasteiger partial charge in [0, 0.05) is 30.7 Å². The fourth-order valence-electron chi connectivity index (χ4n) is 4.61. The summed E-state index contributed by atoms with van der Waals surface area (Å²) in [6.45, 7) is 3.26. The summed E-state index contributed by atoms with van der Waals surface area (Å²) in [7, 11) is -3.42. The number of hydrogen-bond donors (Lipinski definition) is 0. The van der Waals surface area contributed by atoms with Crippen molar-refractivity contribution in [2.24, 2.45) is 0 Å². The van der Waals surface area contributed by atoms with Crippen LogP contribution in [0.3, 0.4) is 0 Å². The Morgan fingerprint density at radius 2 is 1.62 bits per heavy atom. The molecule has 3 aliphatic rings. The molecule has 0 spiro atoms. The van der Waals surface area contributed by atoms with Crippen LogP contribution < -0.4 is 0 Å². The van der Waals surface area contributed by atoms with Gasteiger partial charge >= 0.3 is 0 Å². The first-order valence-electron chi connectivity index (χ1n) is 9.57. The van der Waals surface area contributed by atoms with Gasteiger partial charge in [0.15, 0.2) is 0 Å². The number of piperidine rings is 1. The van der Waals surface area contributed by atoms with E-state index in [1.165, 1.54) is 9.88 Å². The highest BCUT2D eigenvalue weighted by molar-refractivity contribution is 7.89. The summed E-state index contributed by atoms with van der Waals surface area (Å²) < 4.78 is 26.8. The van der Waals surface area contributed by atoms with Crippen molar-refractivity contribution in [3.05, 3.63) is 41.5 Å². The lowest BCUT2D eigenvalue weighted by Crippen LogP contribution is -2.44. The number of amides is 1. The van der Waals surface area contributed by atoms with Gasteiger partial charge in [-0.25, -0.2) is 8.42 Å². The van der Waals surface area contributed by atoms with Crippen molar-refractivity contribution in [3.8, 4) is 0 Å². The molecule has 26 heavy (non-hydrogen) atoms. The van der Waals surface area contributed by atoms with Crippen LogP contribution in [0.1, 0.15) is 55.8 Å². The number of hydrogen-bond acceptors (Lipinski definition) is 3. The van der Waals surface area contributed by atoms with Crippen LogP contribution in [-0.4, -0.2) is 48.7 Å². The molecule has 2 atom stereocenters. The van der Waals surface area contributed by atoms with Gasteiger partial charge in [-0.15, -0.1) is 0 Å². The molecule has 3 saturated heterocycles. The third-order valence-electron chi connectivity index (χ3n) is 6.06. The van der Waals surface area contributed by atoms with Crippen LogP contribution in [0.25, 0.3) is 0 Å². The number of sulfonamides is 1. The van der Waals surface area contributed by atoms with E-state index in [2.05, 4.69) is 13.0 Å². The molecule has 3 heterocycles. The van der Waals surface area contributed by atoms with Crippen molar-refractivity contribution in [1.82, 2.24) is 9.21 Å². The number of rotatable bonds is 3. The zero-order chi connectivity index (χ0) is 18.3. The molecule has 5 nitrogen and oxygen atoms in total. The van der Waals surface area contributed by atoms with E-state index in [0.717, 1.165) is 38.5 Å². The molecule has 2 bridgehead atoms. The van der Waals surface area contributed by atoms with E-state index >= 15 is 0 Å². The summed E-state index contributed by atoms with van der Waals surface area (Å²) in [4.78, 5) is 15.3. The predicted molar refractivity (Wildman–Crippen MR) is 100 cm³/mol. The molecule has 140 valence electrons. The topological polar surface area (TPSA) is 57.7 Å². The molecular formula is C20H26N2O3S. The first kappa shape index (κ1) is 17.7. The quantitative estimate of drug-likeness (QED) is 0.764. The van der Waals surface area contributed by atoms with Crippen LogP contribution in [0.15, 0.2) is 40.8 Å². The van der Waals surface area contributed by atoms with Crippen LogP contribution in [0, 0.1) is 0 Å². The van der Waals surface area contributed by atoms with Crippen molar-refractivity contribution in [2.45, 2.75) is 62.4 Å². The first-order valence-corrected chi connectivity index (χ1v) is 11.0. The number of allylic oxidation sites excluding steroid dienone is 1. The molecule has 3 fully saturated rings. The average Bonchev–Trinajstić information content (AvgIpc) is 3.28. The zero-order valence-electron chi connectivity index (χ0n) is 15.2. The second-order valence-corrected chi connectivity index (χ2v) is 9.53. The minimum Gasteiger partial charge on any atom is -0.332 e. The molecule has 0 saturated carbocycles. The molecule has 1 aromatic carbocycles. The normalized spacial score (nSPS) is 26.3. The van der Waals surface area contributed by atoms with E-state index < -0.39 is 10.0 Å². The van der Waals surface area contributed by atoms with Crippen LogP contribution in [0.5, 0.6) is 0 Å². The number of fused-ring (bicyclic) bond motifs is 2. The van der Waals surface area contributed by atoms with E-state index in [1.54, 1.807) is 24.3 Å². The van der Waals surface area contributed by atoms with Gasteiger partial charge in [0.25, 0.3) is 5.91 Å². The van der Waals surface area contributed by atoms with Gasteiger partial charge in [0.1, 0.15) is 0 Å². The van der Waals surface area contributed by atoms with E-state index in [0.29, 0.717) is 30.7 Å². The van der Waals surface area contributed by atoms with E-state index in [9.17, 15) is 13.2 Å². The van der Waals surface area contributed by atoms with Gasteiger partial charge in [-0.1, -0.05) is 11.6 Å². The SMILES string of the molecule is CC=C1CC2CCC(C1)N2C(=O)c1ccc(S(=O)(=O)N2CCCC2)cc1. The lowest BCUT2D eigenvalue weighted by atomic mass is 9.95. The Morgan fingerprint density at radius 1 is 1.04 bits per heavy atom. The van der Waals surface area contributed by atoms with Crippen molar-refractivity contribution in [3.63, 3.8) is 0 Å². The fourth-order valence-corrected chi connectivity index (χ4v) is 6.13. The van der Waals surface area contributed by atoms with Crippen molar-refractivity contribution in [2.75, 3.05) is 13.1 Å².